The summed E-state index contributed by atoms with van der Waals surface area (Å²) in [6, 6.07) is 17.3. The number of carbonyl (C=O) groups excluding carboxylic acids is 1. The summed E-state index contributed by atoms with van der Waals surface area (Å²) >= 11 is 8.73. The van der Waals surface area contributed by atoms with E-state index >= 15 is 0 Å². The highest BCUT2D eigenvalue weighted by molar-refractivity contribution is 14.1. The predicted octanol–water partition coefficient (Wildman–Crippen LogP) is 6.41. The molecule has 0 unspecified atom stereocenters. The molecule has 4 rings (SSSR count). The molecule has 8 heteroatoms. The number of hydrogen-bond acceptors (Lipinski definition) is 5. The average Bonchev–Trinajstić information content (AvgIpc) is 3.15. The Kier molecular flexibility index (Phi) is 7.29. The molecule has 0 atom stereocenters. The van der Waals surface area contributed by atoms with Gasteiger partial charge in [0.25, 0.3) is 0 Å². The van der Waals surface area contributed by atoms with Crippen LogP contribution in [0.4, 0.5) is 4.39 Å². The summed E-state index contributed by atoms with van der Waals surface area (Å²) in [6.45, 7) is 2.56. The Balaban J connectivity index is 1.61. The van der Waals surface area contributed by atoms with Gasteiger partial charge in [-0.3, -0.25) is 0 Å². The van der Waals surface area contributed by atoms with Gasteiger partial charge in [0, 0.05) is 3.57 Å². The highest BCUT2D eigenvalue weighted by Crippen LogP contribution is 2.38. The fraction of sp³-hybridized carbons (Fsp3) is 0.120. The van der Waals surface area contributed by atoms with Crippen LogP contribution in [0.3, 0.4) is 0 Å². The van der Waals surface area contributed by atoms with Gasteiger partial charge in [-0.15, -0.1) is 0 Å². The number of benzene rings is 3. The molecule has 33 heavy (non-hydrogen) atoms. The standard InChI is InChI=1S/C25H18ClFINO4/c1-2-31-22-13-16(11-19(26)23(22)32-14-15-7-9-17(28)10-8-15)12-21-25(30)33-24(29-21)18-5-3-4-6-20(18)27/h3-13H,2,14H2,1H3/b21-12-. The van der Waals surface area contributed by atoms with Gasteiger partial charge in [0.15, 0.2) is 17.2 Å². The van der Waals surface area contributed by atoms with Crippen LogP contribution in [0.15, 0.2) is 71.4 Å². The van der Waals surface area contributed by atoms with Crippen molar-refractivity contribution in [2.75, 3.05) is 6.61 Å². The van der Waals surface area contributed by atoms with Gasteiger partial charge in [-0.1, -0.05) is 35.9 Å². The molecule has 0 amide bonds. The van der Waals surface area contributed by atoms with E-state index in [1.165, 1.54) is 18.2 Å². The van der Waals surface area contributed by atoms with E-state index in [0.717, 1.165) is 9.13 Å². The van der Waals surface area contributed by atoms with E-state index in [0.29, 0.717) is 35.3 Å². The van der Waals surface area contributed by atoms with E-state index in [1.54, 1.807) is 24.3 Å². The summed E-state index contributed by atoms with van der Waals surface area (Å²) in [7, 11) is 0. The lowest BCUT2D eigenvalue weighted by atomic mass is 10.1. The zero-order chi connectivity index (χ0) is 23.4. The molecule has 1 aliphatic heterocycles. The Bertz CT molecular complexity index is 1260. The Hall–Kier alpha value is -2.91. The zero-order valence-corrected chi connectivity index (χ0v) is 20.4. The van der Waals surface area contributed by atoms with Gasteiger partial charge in [-0.05, 0) is 83.1 Å². The van der Waals surface area contributed by atoms with Crippen LogP contribution < -0.4 is 9.47 Å². The fourth-order valence-electron chi connectivity index (χ4n) is 3.13. The number of carbonyl (C=O) groups is 1. The first-order valence-electron chi connectivity index (χ1n) is 10.1. The molecular weight excluding hydrogens is 560 g/mol. The smallest absolute Gasteiger partial charge is 0.363 e. The number of nitrogens with zero attached hydrogens (tertiary/aromatic N) is 1. The van der Waals surface area contributed by atoms with Crippen molar-refractivity contribution in [3.8, 4) is 11.5 Å². The summed E-state index contributed by atoms with van der Waals surface area (Å²) in [6.07, 6.45) is 1.51. The van der Waals surface area contributed by atoms with Crippen molar-refractivity contribution >= 4 is 52.1 Å². The molecule has 168 valence electrons. The van der Waals surface area contributed by atoms with Crippen LogP contribution in [0.5, 0.6) is 11.5 Å². The van der Waals surface area contributed by atoms with Crippen molar-refractivity contribution in [3.05, 3.63) is 97.5 Å². The minimum atomic E-state index is -0.679. The zero-order valence-electron chi connectivity index (χ0n) is 17.5. The lowest BCUT2D eigenvalue weighted by Crippen LogP contribution is -2.07. The molecule has 1 heterocycles. The van der Waals surface area contributed by atoms with Crippen LogP contribution in [-0.2, 0) is 16.1 Å². The van der Waals surface area contributed by atoms with E-state index in [-0.39, 0.29) is 17.2 Å². The maximum atomic E-state index is 14.0. The van der Waals surface area contributed by atoms with Crippen molar-refractivity contribution < 1.29 is 23.4 Å². The summed E-state index contributed by atoms with van der Waals surface area (Å²) in [5.74, 6) is -0.447. The maximum absolute atomic E-state index is 14.0. The second-order valence-electron chi connectivity index (χ2n) is 6.99. The second kappa shape index (κ2) is 10.4. The fourth-order valence-corrected chi connectivity index (χ4v) is 3.76. The average molecular weight is 578 g/mol. The van der Waals surface area contributed by atoms with Gasteiger partial charge >= 0.3 is 5.97 Å². The molecule has 0 saturated carbocycles. The highest BCUT2D eigenvalue weighted by atomic mass is 127. The topological polar surface area (TPSA) is 57.1 Å². The number of ether oxygens (including phenoxy) is 3. The van der Waals surface area contributed by atoms with Crippen LogP contribution in [0.1, 0.15) is 23.6 Å². The van der Waals surface area contributed by atoms with Crippen LogP contribution in [0.25, 0.3) is 6.08 Å². The molecule has 0 aromatic heterocycles. The van der Waals surface area contributed by atoms with E-state index in [4.69, 9.17) is 25.8 Å². The molecule has 0 spiro atoms. The molecule has 5 nitrogen and oxygen atoms in total. The first-order chi connectivity index (χ1) is 15.9. The van der Waals surface area contributed by atoms with Crippen LogP contribution in [0.2, 0.25) is 5.02 Å². The first kappa shape index (κ1) is 23.3. The highest BCUT2D eigenvalue weighted by Gasteiger charge is 2.26. The summed E-state index contributed by atoms with van der Waals surface area (Å²) < 4.78 is 32.0. The Morgan fingerprint density at radius 3 is 2.61 bits per heavy atom. The minimum Gasteiger partial charge on any atom is -0.490 e. The number of rotatable bonds is 7. The predicted molar refractivity (Wildman–Crippen MR) is 133 cm³/mol. The molecule has 0 radical (unpaired) electrons. The molecule has 1 aliphatic rings. The monoisotopic (exact) mass is 577 g/mol. The lowest BCUT2D eigenvalue weighted by molar-refractivity contribution is -0.129. The van der Waals surface area contributed by atoms with Crippen molar-refractivity contribution in [2.45, 2.75) is 13.5 Å². The van der Waals surface area contributed by atoms with Crippen LogP contribution in [0, 0.1) is 9.39 Å². The number of hydrogen-bond donors (Lipinski definition) is 0. The number of cyclic esters (lactones) is 1. The van der Waals surface area contributed by atoms with Gasteiger partial charge in [-0.25, -0.2) is 14.2 Å². The van der Waals surface area contributed by atoms with Crippen molar-refractivity contribution in [3.63, 3.8) is 0 Å². The van der Waals surface area contributed by atoms with Gasteiger partial charge in [0.1, 0.15) is 12.4 Å². The first-order valence-corrected chi connectivity index (χ1v) is 11.5. The Morgan fingerprint density at radius 2 is 1.88 bits per heavy atom. The van der Waals surface area contributed by atoms with Crippen LogP contribution >= 0.6 is 34.2 Å². The van der Waals surface area contributed by atoms with E-state index in [2.05, 4.69) is 27.6 Å². The van der Waals surface area contributed by atoms with E-state index in [1.807, 2.05) is 31.2 Å². The number of esters is 1. The molecule has 3 aromatic carbocycles. The summed E-state index contributed by atoms with van der Waals surface area (Å²) in [5, 5.41) is 0.322. The van der Waals surface area contributed by atoms with E-state index < -0.39 is 11.8 Å². The van der Waals surface area contributed by atoms with Crippen molar-refractivity contribution in [1.82, 2.24) is 0 Å². The molecule has 0 aliphatic carbocycles. The number of aliphatic imine (C=N–C) groups is 1. The van der Waals surface area contributed by atoms with Gasteiger partial charge in [-0.2, -0.15) is 0 Å². The molecule has 0 bridgehead atoms. The molecule has 0 fully saturated rings. The SMILES string of the molecule is CCOc1cc(/C=C2\N=C(c3ccccc3F)OC2=O)cc(Cl)c1OCc1ccc(I)cc1. The summed E-state index contributed by atoms with van der Waals surface area (Å²) in [5.41, 5.74) is 1.69. The maximum Gasteiger partial charge on any atom is 0.363 e. The summed E-state index contributed by atoms with van der Waals surface area (Å²) in [4.78, 5) is 16.5. The van der Waals surface area contributed by atoms with E-state index in [9.17, 15) is 9.18 Å². The molecular formula is C25H18ClFINO4. The van der Waals surface area contributed by atoms with Gasteiger partial charge < -0.3 is 14.2 Å². The number of halogens is 3. The molecule has 3 aromatic rings. The second-order valence-corrected chi connectivity index (χ2v) is 8.65. The third-order valence-corrected chi connectivity index (χ3v) is 5.66. The quantitative estimate of drug-likeness (QED) is 0.185. The Labute approximate surface area is 209 Å². The Morgan fingerprint density at radius 1 is 1.12 bits per heavy atom. The third-order valence-electron chi connectivity index (χ3n) is 4.66. The third kappa shape index (κ3) is 5.54. The molecule has 0 N–H and O–H groups in total. The van der Waals surface area contributed by atoms with Crippen molar-refractivity contribution in [2.24, 2.45) is 4.99 Å². The van der Waals surface area contributed by atoms with Gasteiger partial charge in [0.2, 0.25) is 5.90 Å². The minimum absolute atomic E-state index is 0.0272. The van der Waals surface area contributed by atoms with Crippen LogP contribution in [-0.4, -0.2) is 18.5 Å². The molecule has 0 saturated heterocycles. The normalized spacial score (nSPS) is 14.2. The largest absolute Gasteiger partial charge is 0.490 e. The lowest BCUT2D eigenvalue weighted by Gasteiger charge is -2.14. The van der Waals surface area contributed by atoms with Crippen molar-refractivity contribution in [1.29, 1.82) is 0 Å². The van der Waals surface area contributed by atoms with Gasteiger partial charge in [0.05, 0.1) is 17.2 Å².